The zero-order chi connectivity index (χ0) is 22.2. The Bertz CT molecular complexity index is 1280. The number of rotatable bonds is 5. The molecule has 0 saturated carbocycles. The lowest BCUT2D eigenvalue weighted by atomic mass is 10.1. The maximum atomic E-state index is 12.1. The van der Waals surface area contributed by atoms with Crippen molar-refractivity contribution >= 4 is 34.3 Å². The lowest BCUT2D eigenvalue weighted by molar-refractivity contribution is -0.384. The Morgan fingerprint density at radius 1 is 1.00 bits per heavy atom. The van der Waals surface area contributed by atoms with E-state index in [1.54, 1.807) is 16.8 Å². The highest BCUT2D eigenvalue weighted by atomic mass is 16.6. The molecule has 0 unspecified atom stereocenters. The normalized spacial score (nSPS) is 11.5. The average molecular weight is 414 g/mol. The van der Waals surface area contributed by atoms with Gasteiger partial charge in [-0.1, -0.05) is 30.3 Å². The molecule has 0 bridgehead atoms. The molecule has 7 heteroatoms. The maximum absolute atomic E-state index is 12.1. The molecule has 0 aliphatic carbocycles. The van der Waals surface area contributed by atoms with E-state index in [2.05, 4.69) is 5.32 Å². The van der Waals surface area contributed by atoms with E-state index in [0.717, 1.165) is 22.7 Å². The van der Waals surface area contributed by atoms with Crippen molar-refractivity contribution in [1.82, 2.24) is 9.78 Å². The summed E-state index contributed by atoms with van der Waals surface area (Å²) in [5.74, 6) is 0.575. The molecule has 0 spiro atoms. The molecule has 0 radical (unpaired) electrons. The molecule has 156 valence electrons. The van der Waals surface area contributed by atoms with Crippen LogP contribution in [-0.2, 0) is 5.54 Å². The van der Waals surface area contributed by atoms with E-state index in [1.165, 1.54) is 12.1 Å². The summed E-state index contributed by atoms with van der Waals surface area (Å²) in [5, 5.41) is 21.3. The molecule has 0 aliphatic heterocycles. The van der Waals surface area contributed by atoms with Crippen molar-refractivity contribution in [1.29, 1.82) is 0 Å². The molecule has 1 aromatic heterocycles. The largest absolute Gasteiger partial charge is 0.340 e. The van der Waals surface area contributed by atoms with Crippen molar-refractivity contribution in [2.45, 2.75) is 26.3 Å². The number of hydrogen-bond donors (Lipinski definition) is 1. The Morgan fingerprint density at radius 3 is 2.29 bits per heavy atom. The number of nitro benzene ring substituents is 1. The Hall–Kier alpha value is -4.00. The van der Waals surface area contributed by atoms with Gasteiger partial charge in [0, 0.05) is 23.4 Å². The van der Waals surface area contributed by atoms with Crippen LogP contribution < -0.4 is 5.32 Å². The van der Waals surface area contributed by atoms with Crippen LogP contribution in [0, 0.1) is 10.1 Å². The maximum Gasteiger partial charge on any atom is 0.269 e. The predicted molar refractivity (Wildman–Crippen MR) is 122 cm³/mol. The Balaban J connectivity index is 1.83. The smallest absolute Gasteiger partial charge is 0.269 e. The molecular weight excluding hydrogens is 392 g/mol. The Labute approximate surface area is 179 Å². The first-order valence-corrected chi connectivity index (χ1v) is 9.87. The number of non-ortho nitro benzene ring substituents is 1. The topological polar surface area (TPSA) is 90.1 Å². The molecule has 0 atom stereocenters. The molecular formula is C24H22N4O3. The molecule has 3 aromatic carbocycles. The fraction of sp³-hybridized carbons (Fsp3) is 0.167. The van der Waals surface area contributed by atoms with Gasteiger partial charge in [-0.05, 0) is 55.8 Å². The summed E-state index contributed by atoms with van der Waals surface area (Å²) in [6.07, 6.45) is 0.773. The third kappa shape index (κ3) is 3.90. The second kappa shape index (κ2) is 7.68. The average Bonchev–Trinajstić information content (AvgIpc) is 3.12. The molecule has 0 amide bonds. The van der Waals surface area contributed by atoms with E-state index >= 15 is 0 Å². The highest BCUT2D eigenvalue weighted by molar-refractivity contribution is 5.94. The first-order valence-electron chi connectivity index (χ1n) is 9.87. The fourth-order valence-corrected chi connectivity index (χ4v) is 3.51. The van der Waals surface area contributed by atoms with Crippen molar-refractivity contribution in [3.63, 3.8) is 0 Å². The van der Waals surface area contributed by atoms with Crippen molar-refractivity contribution in [3.8, 4) is 11.3 Å². The van der Waals surface area contributed by atoms with E-state index in [4.69, 9.17) is 5.10 Å². The van der Waals surface area contributed by atoms with Gasteiger partial charge in [-0.3, -0.25) is 14.9 Å². The second-order valence-corrected chi connectivity index (χ2v) is 8.30. The minimum atomic E-state index is -0.453. The molecule has 31 heavy (non-hydrogen) atoms. The van der Waals surface area contributed by atoms with Crippen molar-refractivity contribution in [3.05, 3.63) is 82.4 Å². The molecule has 0 saturated heterocycles. The van der Waals surface area contributed by atoms with Crippen LogP contribution in [0.25, 0.3) is 22.0 Å². The van der Waals surface area contributed by atoms with Crippen LogP contribution in [0.4, 0.5) is 17.2 Å². The minimum Gasteiger partial charge on any atom is -0.340 e. The van der Waals surface area contributed by atoms with Crippen molar-refractivity contribution < 1.29 is 9.72 Å². The zero-order valence-electron chi connectivity index (χ0n) is 17.5. The summed E-state index contributed by atoms with van der Waals surface area (Å²) >= 11 is 0. The number of nitrogens with one attached hydrogen (secondary N) is 1. The summed E-state index contributed by atoms with van der Waals surface area (Å²) in [6, 6.07) is 20.1. The molecule has 0 aliphatic rings. The molecule has 1 N–H and O–H groups in total. The van der Waals surface area contributed by atoms with Crippen LogP contribution in [-0.4, -0.2) is 21.0 Å². The van der Waals surface area contributed by atoms with Crippen LogP contribution in [0.1, 0.15) is 31.1 Å². The minimum absolute atomic E-state index is 0.0128. The van der Waals surface area contributed by atoms with Crippen molar-refractivity contribution in [2.75, 3.05) is 5.32 Å². The lowest BCUT2D eigenvalue weighted by Gasteiger charge is -2.23. The number of carbonyl (C=O) groups excluding carboxylic acids is 1. The number of benzene rings is 3. The number of fused-ring (bicyclic) bond motifs is 1. The molecule has 1 heterocycles. The zero-order valence-corrected chi connectivity index (χ0v) is 17.5. The van der Waals surface area contributed by atoms with E-state index in [1.807, 2.05) is 63.2 Å². The molecule has 0 fully saturated rings. The number of hydrogen-bond acceptors (Lipinski definition) is 5. The van der Waals surface area contributed by atoms with E-state index in [0.29, 0.717) is 22.6 Å². The van der Waals surface area contributed by atoms with Gasteiger partial charge in [0.05, 0.1) is 16.0 Å². The van der Waals surface area contributed by atoms with Gasteiger partial charge in [0.15, 0.2) is 6.29 Å². The summed E-state index contributed by atoms with van der Waals surface area (Å²) < 4.78 is 1.78. The van der Waals surface area contributed by atoms with Gasteiger partial charge in [-0.25, -0.2) is 4.68 Å². The summed E-state index contributed by atoms with van der Waals surface area (Å²) in [4.78, 5) is 22.7. The third-order valence-electron chi connectivity index (χ3n) is 5.04. The first kappa shape index (κ1) is 20.3. The van der Waals surface area contributed by atoms with Gasteiger partial charge in [0.2, 0.25) is 0 Å². The third-order valence-corrected chi connectivity index (χ3v) is 5.04. The van der Waals surface area contributed by atoms with Crippen LogP contribution in [0.2, 0.25) is 0 Å². The number of nitro groups is 1. The van der Waals surface area contributed by atoms with Gasteiger partial charge >= 0.3 is 0 Å². The number of anilines is 2. The van der Waals surface area contributed by atoms with Gasteiger partial charge in [-0.2, -0.15) is 5.10 Å². The monoisotopic (exact) mass is 414 g/mol. The van der Waals surface area contributed by atoms with Gasteiger partial charge in [0.25, 0.3) is 5.69 Å². The van der Waals surface area contributed by atoms with E-state index < -0.39 is 10.5 Å². The Morgan fingerprint density at radius 2 is 1.68 bits per heavy atom. The second-order valence-electron chi connectivity index (χ2n) is 8.30. The van der Waals surface area contributed by atoms with Crippen molar-refractivity contribution in [2.24, 2.45) is 0 Å². The highest BCUT2D eigenvalue weighted by Gasteiger charge is 2.26. The summed E-state index contributed by atoms with van der Waals surface area (Å²) in [7, 11) is 0. The van der Waals surface area contributed by atoms with Gasteiger partial charge in [-0.15, -0.1) is 0 Å². The number of aldehydes is 1. The number of nitrogens with zero attached hydrogens (tertiary/aromatic N) is 3. The predicted octanol–water partition coefficient (Wildman–Crippen LogP) is 5.92. The fourth-order valence-electron chi connectivity index (χ4n) is 3.51. The van der Waals surface area contributed by atoms with Crippen LogP contribution in [0.3, 0.4) is 0 Å². The standard InChI is InChI=1S/C24H22N4O3/c1-24(2,3)27-23(25-19-11-8-16-6-4-5-7-18(16)14-19)21(15-29)22(26-27)17-9-12-20(13-10-17)28(30)31/h4-15,25H,1-3H3. The summed E-state index contributed by atoms with van der Waals surface area (Å²) in [6.45, 7) is 6.00. The number of aromatic nitrogens is 2. The van der Waals surface area contributed by atoms with Gasteiger partial charge in [0.1, 0.15) is 11.5 Å². The molecule has 4 rings (SSSR count). The Kier molecular flexibility index (Phi) is 5.02. The first-order chi connectivity index (χ1) is 14.8. The SMILES string of the molecule is CC(C)(C)n1nc(-c2ccc([N+](=O)[O-])cc2)c(C=O)c1Nc1ccc2ccccc2c1. The van der Waals surface area contributed by atoms with E-state index in [-0.39, 0.29) is 5.69 Å². The van der Waals surface area contributed by atoms with Gasteiger partial charge < -0.3 is 5.32 Å². The summed E-state index contributed by atoms with van der Waals surface area (Å²) in [5.41, 5.74) is 1.93. The van der Waals surface area contributed by atoms with Crippen LogP contribution in [0.5, 0.6) is 0 Å². The van der Waals surface area contributed by atoms with Crippen LogP contribution >= 0.6 is 0 Å². The molecule has 4 aromatic rings. The highest BCUT2D eigenvalue weighted by Crippen LogP contribution is 2.34. The van der Waals surface area contributed by atoms with Crippen LogP contribution in [0.15, 0.2) is 66.7 Å². The quantitative estimate of drug-likeness (QED) is 0.249. The molecule has 7 nitrogen and oxygen atoms in total. The van der Waals surface area contributed by atoms with E-state index in [9.17, 15) is 14.9 Å². The lowest BCUT2D eigenvalue weighted by Crippen LogP contribution is -2.24. The number of carbonyl (C=O) groups is 1.